The van der Waals surface area contributed by atoms with Gasteiger partial charge in [-0.05, 0) is 49.3 Å². The summed E-state index contributed by atoms with van der Waals surface area (Å²) in [6.45, 7) is 7.47. The zero-order valence-corrected chi connectivity index (χ0v) is 13.5. The topological polar surface area (TPSA) is 41.1 Å². The number of nitrogens with one attached hydrogen (secondary N) is 2. The van der Waals surface area contributed by atoms with Gasteiger partial charge in [-0.2, -0.15) is 0 Å². The Balaban J connectivity index is 1.99. The van der Waals surface area contributed by atoms with Crippen molar-refractivity contribution in [3.63, 3.8) is 0 Å². The molecule has 1 saturated carbocycles. The van der Waals surface area contributed by atoms with E-state index < -0.39 is 0 Å². The fourth-order valence-electron chi connectivity index (χ4n) is 3.15. The van der Waals surface area contributed by atoms with E-state index in [2.05, 4.69) is 37.5 Å². The molecule has 0 aromatic heterocycles. The van der Waals surface area contributed by atoms with Gasteiger partial charge in [0.2, 0.25) is 0 Å². The number of anilines is 1. The summed E-state index contributed by atoms with van der Waals surface area (Å²) in [7, 11) is 0. The van der Waals surface area contributed by atoms with Crippen molar-refractivity contribution in [3.05, 3.63) is 29.8 Å². The fourth-order valence-corrected chi connectivity index (χ4v) is 3.15. The maximum Gasteiger partial charge on any atom is 0.251 e. The van der Waals surface area contributed by atoms with E-state index >= 15 is 0 Å². The van der Waals surface area contributed by atoms with Gasteiger partial charge in [0.05, 0.1) is 0 Å². The van der Waals surface area contributed by atoms with Crippen LogP contribution in [-0.2, 0) is 0 Å². The second-order valence-electron chi connectivity index (χ2n) is 6.94. The van der Waals surface area contributed by atoms with E-state index in [1.807, 2.05) is 18.2 Å². The number of hydrogen-bond acceptors (Lipinski definition) is 2. The summed E-state index contributed by atoms with van der Waals surface area (Å²) < 4.78 is 0. The Morgan fingerprint density at radius 2 is 2.19 bits per heavy atom. The van der Waals surface area contributed by atoms with Gasteiger partial charge < -0.3 is 10.6 Å². The lowest BCUT2D eigenvalue weighted by atomic mass is 9.75. The van der Waals surface area contributed by atoms with Crippen LogP contribution < -0.4 is 10.6 Å². The summed E-state index contributed by atoms with van der Waals surface area (Å²) in [6, 6.07) is 8.37. The molecule has 21 heavy (non-hydrogen) atoms. The van der Waals surface area contributed by atoms with Gasteiger partial charge in [-0.3, -0.25) is 4.79 Å². The van der Waals surface area contributed by atoms with Crippen LogP contribution in [0.3, 0.4) is 0 Å². The van der Waals surface area contributed by atoms with E-state index in [4.69, 9.17) is 0 Å². The van der Waals surface area contributed by atoms with Crippen LogP contribution in [0.4, 0.5) is 5.69 Å². The van der Waals surface area contributed by atoms with E-state index in [9.17, 15) is 4.79 Å². The van der Waals surface area contributed by atoms with E-state index in [1.165, 1.54) is 25.7 Å². The first-order chi connectivity index (χ1) is 10.00. The lowest BCUT2D eigenvalue weighted by Crippen LogP contribution is -2.31. The molecule has 1 aromatic rings. The van der Waals surface area contributed by atoms with Crippen LogP contribution in [0, 0.1) is 5.41 Å². The summed E-state index contributed by atoms with van der Waals surface area (Å²) in [6.07, 6.45) is 5.96. The Morgan fingerprint density at radius 3 is 2.90 bits per heavy atom. The van der Waals surface area contributed by atoms with Gasteiger partial charge in [0, 0.05) is 23.8 Å². The Bertz CT molecular complexity index is 482. The van der Waals surface area contributed by atoms with Crippen LogP contribution >= 0.6 is 0 Å². The first-order valence-corrected chi connectivity index (χ1v) is 8.15. The smallest absolute Gasteiger partial charge is 0.251 e. The van der Waals surface area contributed by atoms with Crippen molar-refractivity contribution in [2.75, 3.05) is 11.9 Å². The second-order valence-corrected chi connectivity index (χ2v) is 6.94. The average Bonchev–Trinajstić information content (AvgIpc) is 2.44. The maximum atomic E-state index is 12.0. The molecule has 3 nitrogen and oxygen atoms in total. The predicted molar refractivity (Wildman–Crippen MR) is 88.7 cm³/mol. The summed E-state index contributed by atoms with van der Waals surface area (Å²) in [5.74, 6) is 0.0180. The average molecular weight is 288 g/mol. The summed E-state index contributed by atoms with van der Waals surface area (Å²) in [5.41, 5.74) is 2.22. The molecule has 0 radical (unpaired) electrons. The zero-order valence-electron chi connectivity index (χ0n) is 13.5. The largest absolute Gasteiger partial charge is 0.382 e. The van der Waals surface area contributed by atoms with Gasteiger partial charge in [-0.15, -0.1) is 0 Å². The highest BCUT2D eigenvalue weighted by Crippen LogP contribution is 2.36. The number of amides is 1. The van der Waals surface area contributed by atoms with Crippen LogP contribution in [-0.4, -0.2) is 18.5 Å². The van der Waals surface area contributed by atoms with Gasteiger partial charge in [0.1, 0.15) is 0 Å². The molecule has 1 fully saturated rings. The molecule has 1 aliphatic rings. The van der Waals surface area contributed by atoms with Crippen LogP contribution in [0.5, 0.6) is 0 Å². The molecule has 2 rings (SSSR count). The molecule has 0 spiro atoms. The molecule has 0 heterocycles. The number of hydrogen-bond donors (Lipinski definition) is 2. The lowest BCUT2D eigenvalue weighted by molar-refractivity contribution is 0.0953. The van der Waals surface area contributed by atoms with Gasteiger partial charge in [0.15, 0.2) is 0 Å². The Kier molecular flexibility index (Phi) is 5.27. The van der Waals surface area contributed by atoms with Crippen LogP contribution in [0.1, 0.15) is 63.2 Å². The molecular weight excluding hydrogens is 260 g/mol. The number of rotatable bonds is 5. The highest BCUT2D eigenvalue weighted by atomic mass is 16.1. The third-order valence-corrected chi connectivity index (χ3v) is 4.24. The lowest BCUT2D eigenvalue weighted by Gasteiger charge is -2.36. The normalized spacial score (nSPS) is 20.8. The van der Waals surface area contributed by atoms with Gasteiger partial charge >= 0.3 is 0 Å². The first kappa shape index (κ1) is 15.9. The minimum Gasteiger partial charge on any atom is -0.382 e. The molecule has 1 atom stereocenters. The minimum atomic E-state index is 0.0180. The zero-order chi connectivity index (χ0) is 15.3. The fraction of sp³-hybridized carbons (Fsp3) is 0.611. The molecule has 1 aromatic carbocycles. The van der Waals surface area contributed by atoms with E-state index in [-0.39, 0.29) is 5.91 Å². The standard InChI is InChI=1S/C18H28N2O/c1-4-11-19-17(21)14-7-5-8-15(12-14)20-16-9-6-10-18(2,3)13-16/h5,7-8,12,16,20H,4,6,9-11,13H2,1-3H3,(H,19,21). The molecule has 0 bridgehead atoms. The molecule has 0 saturated heterocycles. The van der Waals surface area contributed by atoms with E-state index in [0.29, 0.717) is 11.5 Å². The Hall–Kier alpha value is -1.51. The molecule has 1 aliphatic carbocycles. The van der Waals surface area contributed by atoms with Crippen molar-refractivity contribution in [3.8, 4) is 0 Å². The number of carbonyl (C=O) groups excluding carboxylic acids is 1. The molecule has 0 aliphatic heterocycles. The molecule has 3 heteroatoms. The Labute approximate surface area is 128 Å². The highest BCUT2D eigenvalue weighted by Gasteiger charge is 2.27. The van der Waals surface area contributed by atoms with Crippen molar-refractivity contribution in [2.45, 2.75) is 58.9 Å². The van der Waals surface area contributed by atoms with Crippen LogP contribution in [0.15, 0.2) is 24.3 Å². The van der Waals surface area contributed by atoms with Gasteiger partial charge in [-0.25, -0.2) is 0 Å². The van der Waals surface area contributed by atoms with Gasteiger partial charge in [0.25, 0.3) is 5.91 Å². The molecular formula is C18H28N2O. The third kappa shape index (κ3) is 4.76. The van der Waals surface area contributed by atoms with Crippen LogP contribution in [0.25, 0.3) is 0 Å². The summed E-state index contributed by atoms with van der Waals surface area (Å²) in [5, 5.41) is 6.53. The van der Waals surface area contributed by atoms with Crippen molar-refractivity contribution in [1.29, 1.82) is 0 Å². The summed E-state index contributed by atoms with van der Waals surface area (Å²) in [4.78, 5) is 12.0. The molecule has 1 unspecified atom stereocenters. The first-order valence-electron chi connectivity index (χ1n) is 8.15. The van der Waals surface area contributed by atoms with Crippen molar-refractivity contribution in [2.24, 2.45) is 5.41 Å². The van der Waals surface area contributed by atoms with Crippen molar-refractivity contribution >= 4 is 11.6 Å². The molecule has 116 valence electrons. The monoisotopic (exact) mass is 288 g/mol. The highest BCUT2D eigenvalue weighted by molar-refractivity contribution is 5.95. The SMILES string of the molecule is CCCNC(=O)c1cccc(NC2CCCC(C)(C)C2)c1. The Morgan fingerprint density at radius 1 is 1.38 bits per heavy atom. The summed E-state index contributed by atoms with van der Waals surface area (Å²) >= 11 is 0. The molecule has 2 N–H and O–H groups in total. The molecule has 1 amide bonds. The van der Waals surface area contributed by atoms with E-state index in [0.717, 1.165) is 24.2 Å². The number of benzene rings is 1. The van der Waals surface area contributed by atoms with Crippen molar-refractivity contribution in [1.82, 2.24) is 5.32 Å². The number of carbonyl (C=O) groups is 1. The second kappa shape index (κ2) is 6.97. The quantitative estimate of drug-likeness (QED) is 0.852. The van der Waals surface area contributed by atoms with Crippen LogP contribution in [0.2, 0.25) is 0 Å². The van der Waals surface area contributed by atoms with Gasteiger partial charge in [-0.1, -0.05) is 33.3 Å². The maximum absolute atomic E-state index is 12.0. The van der Waals surface area contributed by atoms with Crippen molar-refractivity contribution < 1.29 is 4.79 Å². The minimum absolute atomic E-state index is 0.0180. The van der Waals surface area contributed by atoms with E-state index in [1.54, 1.807) is 0 Å². The third-order valence-electron chi connectivity index (χ3n) is 4.24. The predicted octanol–water partition coefficient (Wildman–Crippen LogP) is 4.21.